The largest absolute Gasteiger partial charge is 0.481 e. The molecule has 0 bridgehead atoms. The Hall–Kier alpha value is -2.73. The van der Waals surface area contributed by atoms with Crippen LogP contribution in [0.3, 0.4) is 0 Å². The van der Waals surface area contributed by atoms with E-state index in [1.807, 2.05) is 19.9 Å². The molecule has 6 nitrogen and oxygen atoms in total. The zero-order chi connectivity index (χ0) is 18.7. The highest BCUT2D eigenvalue weighted by molar-refractivity contribution is 6.32. The lowest BCUT2D eigenvalue weighted by molar-refractivity contribution is -0.127. The zero-order valence-corrected chi connectivity index (χ0v) is 15.5. The van der Waals surface area contributed by atoms with E-state index in [1.54, 1.807) is 31.2 Å². The third-order valence-electron chi connectivity index (χ3n) is 3.88. The number of rotatable bonds is 5. The van der Waals surface area contributed by atoms with Crippen LogP contribution in [0.25, 0.3) is 0 Å². The maximum absolute atomic E-state index is 12.1. The molecule has 26 heavy (non-hydrogen) atoms. The van der Waals surface area contributed by atoms with E-state index in [2.05, 4.69) is 10.5 Å². The fourth-order valence-corrected chi connectivity index (χ4v) is 2.60. The maximum Gasteiger partial charge on any atom is 0.280 e. The average molecular weight is 375 g/mol. The molecular formula is C19H19ClN2O4. The van der Waals surface area contributed by atoms with Gasteiger partial charge in [-0.15, -0.1) is 0 Å². The van der Waals surface area contributed by atoms with Crippen LogP contribution >= 0.6 is 11.6 Å². The summed E-state index contributed by atoms with van der Waals surface area (Å²) >= 11 is 6.14. The Bertz CT molecular complexity index is 844. The van der Waals surface area contributed by atoms with E-state index < -0.39 is 6.10 Å². The molecule has 1 aliphatic rings. The van der Waals surface area contributed by atoms with E-state index in [0.29, 0.717) is 22.3 Å². The van der Waals surface area contributed by atoms with Gasteiger partial charge in [0.05, 0.1) is 6.21 Å². The third kappa shape index (κ3) is 4.08. The number of nitrogens with zero attached hydrogens (tertiary/aromatic N) is 1. The van der Waals surface area contributed by atoms with Crippen molar-refractivity contribution in [2.24, 2.45) is 5.10 Å². The van der Waals surface area contributed by atoms with Crippen molar-refractivity contribution in [2.75, 3.05) is 6.79 Å². The number of nitrogens with one attached hydrogen (secondary N) is 1. The molecule has 1 N–H and O–H groups in total. The molecule has 1 unspecified atom stereocenters. The van der Waals surface area contributed by atoms with Gasteiger partial charge in [0.25, 0.3) is 5.91 Å². The van der Waals surface area contributed by atoms with Crippen molar-refractivity contribution >= 4 is 23.7 Å². The number of aryl methyl sites for hydroxylation is 2. The molecule has 136 valence electrons. The molecule has 0 radical (unpaired) electrons. The molecule has 1 heterocycles. The second-order valence-electron chi connectivity index (χ2n) is 5.98. The van der Waals surface area contributed by atoms with Gasteiger partial charge in [0.15, 0.2) is 17.6 Å². The van der Waals surface area contributed by atoms with Crippen molar-refractivity contribution in [2.45, 2.75) is 26.9 Å². The molecule has 1 amide bonds. The summed E-state index contributed by atoms with van der Waals surface area (Å²) in [5.41, 5.74) is 5.05. The highest BCUT2D eigenvalue weighted by Gasteiger charge is 2.15. The van der Waals surface area contributed by atoms with E-state index >= 15 is 0 Å². The number of halogens is 1. The summed E-state index contributed by atoms with van der Waals surface area (Å²) in [4.78, 5) is 12.1. The summed E-state index contributed by atoms with van der Waals surface area (Å²) in [5, 5.41) is 4.65. The second kappa shape index (κ2) is 7.66. The average Bonchev–Trinajstić information content (AvgIpc) is 3.07. The van der Waals surface area contributed by atoms with E-state index in [0.717, 1.165) is 16.7 Å². The van der Waals surface area contributed by atoms with Gasteiger partial charge in [-0.05, 0) is 67.8 Å². The predicted molar refractivity (Wildman–Crippen MR) is 99.3 cm³/mol. The number of ether oxygens (including phenoxy) is 3. The Morgan fingerprint density at radius 1 is 1.23 bits per heavy atom. The van der Waals surface area contributed by atoms with Gasteiger partial charge in [0.2, 0.25) is 6.79 Å². The van der Waals surface area contributed by atoms with Gasteiger partial charge in [-0.25, -0.2) is 5.43 Å². The lowest BCUT2D eigenvalue weighted by atomic mass is 10.1. The lowest BCUT2D eigenvalue weighted by Crippen LogP contribution is -2.33. The highest BCUT2D eigenvalue weighted by Crippen LogP contribution is 2.32. The number of hydrogen-bond acceptors (Lipinski definition) is 5. The monoisotopic (exact) mass is 374 g/mol. The summed E-state index contributed by atoms with van der Waals surface area (Å²) in [5.74, 6) is 1.59. The quantitative estimate of drug-likeness (QED) is 0.641. The molecule has 7 heteroatoms. The summed E-state index contributed by atoms with van der Waals surface area (Å²) in [7, 11) is 0. The highest BCUT2D eigenvalue weighted by atomic mass is 35.5. The van der Waals surface area contributed by atoms with Crippen molar-refractivity contribution < 1.29 is 19.0 Å². The summed E-state index contributed by atoms with van der Waals surface area (Å²) in [6, 6.07) is 9.01. The number of benzene rings is 2. The van der Waals surface area contributed by atoms with Crippen LogP contribution < -0.4 is 19.6 Å². The molecule has 0 spiro atoms. The number of fused-ring (bicyclic) bond motifs is 1. The summed E-state index contributed by atoms with van der Waals surface area (Å²) in [6.07, 6.45) is 0.826. The van der Waals surface area contributed by atoms with E-state index in [1.165, 1.54) is 6.21 Å². The Kier molecular flexibility index (Phi) is 5.32. The first-order valence-electron chi connectivity index (χ1n) is 8.10. The van der Waals surface area contributed by atoms with Crippen molar-refractivity contribution in [3.05, 3.63) is 52.0 Å². The minimum Gasteiger partial charge on any atom is -0.481 e. The number of carbonyl (C=O) groups is 1. The van der Waals surface area contributed by atoms with Crippen LogP contribution in [0.1, 0.15) is 23.6 Å². The van der Waals surface area contributed by atoms with Crippen LogP contribution in [0.4, 0.5) is 0 Å². The topological polar surface area (TPSA) is 69.2 Å². The van der Waals surface area contributed by atoms with Gasteiger partial charge < -0.3 is 14.2 Å². The molecule has 1 atom stereocenters. The molecule has 0 saturated heterocycles. The van der Waals surface area contributed by atoms with Crippen molar-refractivity contribution in [3.63, 3.8) is 0 Å². The Morgan fingerprint density at radius 3 is 2.65 bits per heavy atom. The molecule has 1 aliphatic heterocycles. The molecule has 3 rings (SSSR count). The fourth-order valence-electron chi connectivity index (χ4n) is 2.49. The number of amides is 1. The second-order valence-corrected chi connectivity index (χ2v) is 6.36. The van der Waals surface area contributed by atoms with Crippen LogP contribution in [0.5, 0.6) is 17.2 Å². The van der Waals surface area contributed by atoms with Crippen molar-refractivity contribution in [1.29, 1.82) is 0 Å². The predicted octanol–water partition coefficient (Wildman–Crippen LogP) is 3.60. The Balaban J connectivity index is 1.57. The van der Waals surface area contributed by atoms with E-state index in [-0.39, 0.29) is 12.7 Å². The molecular weight excluding hydrogens is 356 g/mol. The molecule has 0 aromatic heterocycles. The zero-order valence-electron chi connectivity index (χ0n) is 14.7. The van der Waals surface area contributed by atoms with Crippen LogP contribution in [-0.2, 0) is 4.79 Å². The Morgan fingerprint density at radius 2 is 1.92 bits per heavy atom. The van der Waals surface area contributed by atoms with E-state index in [9.17, 15) is 4.79 Å². The number of hydrogen-bond donors (Lipinski definition) is 1. The third-order valence-corrected chi connectivity index (χ3v) is 4.47. The normalized spacial score (nSPS) is 13.7. The lowest BCUT2D eigenvalue weighted by Gasteiger charge is -2.14. The Labute approximate surface area is 156 Å². The minimum atomic E-state index is -0.705. The smallest absolute Gasteiger partial charge is 0.280 e. The molecule has 0 fully saturated rings. The van der Waals surface area contributed by atoms with Crippen molar-refractivity contribution in [3.8, 4) is 17.2 Å². The first-order valence-corrected chi connectivity index (χ1v) is 8.48. The van der Waals surface area contributed by atoms with E-state index in [4.69, 9.17) is 25.8 Å². The fraction of sp³-hybridized carbons (Fsp3) is 0.263. The number of carbonyl (C=O) groups excluding carboxylic acids is 1. The first kappa shape index (κ1) is 18.1. The molecule has 0 aliphatic carbocycles. The van der Waals surface area contributed by atoms with Gasteiger partial charge in [-0.1, -0.05) is 11.6 Å². The van der Waals surface area contributed by atoms with Gasteiger partial charge in [0, 0.05) is 5.02 Å². The maximum atomic E-state index is 12.1. The van der Waals surface area contributed by atoms with Gasteiger partial charge in [-0.3, -0.25) is 4.79 Å². The summed E-state index contributed by atoms with van der Waals surface area (Å²) < 4.78 is 16.2. The molecule has 2 aromatic carbocycles. The minimum absolute atomic E-state index is 0.213. The van der Waals surface area contributed by atoms with Gasteiger partial charge >= 0.3 is 0 Å². The van der Waals surface area contributed by atoms with Crippen LogP contribution in [0, 0.1) is 13.8 Å². The molecule has 0 saturated carbocycles. The standard InChI is InChI=1S/C19H19ClN2O4/c1-11-6-15(7-12(2)18(11)20)26-13(3)19(23)22-21-9-14-4-5-16-17(8-14)25-10-24-16/h4-9,13H,10H2,1-3H3,(H,22,23). The number of hydrazone groups is 1. The SMILES string of the molecule is Cc1cc(OC(C)C(=O)NN=Cc2ccc3c(c2)OCO3)cc(C)c1Cl. The van der Waals surface area contributed by atoms with Crippen molar-refractivity contribution in [1.82, 2.24) is 5.43 Å². The summed E-state index contributed by atoms with van der Waals surface area (Å²) in [6.45, 7) is 5.65. The van der Waals surface area contributed by atoms with Gasteiger partial charge in [0.1, 0.15) is 5.75 Å². The first-order chi connectivity index (χ1) is 12.4. The van der Waals surface area contributed by atoms with Crippen LogP contribution in [0.15, 0.2) is 35.4 Å². The molecule has 2 aromatic rings. The van der Waals surface area contributed by atoms with Crippen LogP contribution in [0.2, 0.25) is 5.02 Å². The van der Waals surface area contributed by atoms with Gasteiger partial charge in [-0.2, -0.15) is 5.10 Å². The van der Waals surface area contributed by atoms with Crippen LogP contribution in [-0.4, -0.2) is 25.0 Å².